The number of rotatable bonds is 7. The minimum atomic E-state index is -0.987. The molecule has 0 spiro atoms. The Bertz CT molecular complexity index is 905. The fourth-order valence-electron chi connectivity index (χ4n) is 3.79. The quantitative estimate of drug-likeness (QED) is 0.665. The van der Waals surface area contributed by atoms with Crippen molar-refractivity contribution in [1.29, 1.82) is 0 Å². The van der Waals surface area contributed by atoms with Crippen molar-refractivity contribution >= 4 is 23.5 Å². The second-order valence-electron chi connectivity index (χ2n) is 7.20. The van der Waals surface area contributed by atoms with Crippen LogP contribution >= 0.6 is 0 Å². The van der Waals surface area contributed by atoms with Gasteiger partial charge in [0.05, 0.1) is 11.8 Å². The van der Waals surface area contributed by atoms with E-state index in [1.165, 1.54) is 6.07 Å². The van der Waals surface area contributed by atoms with E-state index in [-0.39, 0.29) is 30.6 Å². The molecule has 6 nitrogen and oxygen atoms in total. The minimum Gasteiger partial charge on any atom is -0.481 e. The first-order chi connectivity index (χ1) is 13.9. The number of hydrogen-bond donors (Lipinski definition) is 3. The van der Waals surface area contributed by atoms with Crippen molar-refractivity contribution in [2.45, 2.75) is 37.5 Å². The zero-order valence-corrected chi connectivity index (χ0v) is 15.9. The van der Waals surface area contributed by atoms with Gasteiger partial charge in [-0.1, -0.05) is 31.0 Å². The molecule has 0 aromatic heterocycles. The molecule has 2 aromatic carbocycles. The molecule has 0 unspecified atom stereocenters. The van der Waals surface area contributed by atoms with Crippen LogP contribution in [0, 0.1) is 5.82 Å². The third-order valence-electron chi connectivity index (χ3n) is 5.31. The predicted octanol–water partition coefficient (Wildman–Crippen LogP) is 3.48. The third-order valence-corrected chi connectivity index (χ3v) is 5.31. The molecule has 1 saturated carbocycles. The van der Waals surface area contributed by atoms with Gasteiger partial charge in [-0.2, -0.15) is 0 Å². The summed E-state index contributed by atoms with van der Waals surface area (Å²) in [6.45, 7) is 0.0395. The normalized spacial score (nSPS) is 14.9. The Kier molecular flexibility index (Phi) is 6.26. The maximum absolute atomic E-state index is 14.4. The SMILES string of the molecule is O=C(O)CCNC(=O)c1ccc(NC(=O)C2(c3ccccc3F)CCCC2)cc1. The first kappa shape index (κ1) is 20.5. The van der Waals surface area contributed by atoms with Crippen LogP contribution in [0.4, 0.5) is 10.1 Å². The van der Waals surface area contributed by atoms with Crippen molar-refractivity contribution in [2.75, 3.05) is 11.9 Å². The van der Waals surface area contributed by atoms with E-state index >= 15 is 0 Å². The summed E-state index contributed by atoms with van der Waals surface area (Å²) in [7, 11) is 0. The maximum atomic E-state index is 14.4. The van der Waals surface area contributed by atoms with Gasteiger partial charge in [0.2, 0.25) is 5.91 Å². The lowest BCUT2D eigenvalue weighted by Gasteiger charge is -2.28. The Balaban J connectivity index is 1.70. The van der Waals surface area contributed by atoms with Crippen LogP contribution in [-0.4, -0.2) is 29.4 Å². The van der Waals surface area contributed by atoms with E-state index in [1.54, 1.807) is 42.5 Å². The number of amides is 2. The average molecular weight is 398 g/mol. The third kappa shape index (κ3) is 4.62. The first-order valence-corrected chi connectivity index (χ1v) is 9.59. The molecule has 0 atom stereocenters. The van der Waals surface area contributed by atoms with Gasteiger partial charge in [0.15, 0.2) is 0 Å². The Morgan fingerprint density at radius 2 is 1.66 bits per heavy atom. The Labute approximate surface area is 168 Å². The molecule has 1 aliphatic carbocycles. The second-order valence-corrected chi connectivity index (χ2v) is 7.20. The standard InChI is InChI=1S/C22H23FN2O4/c23-18-6-2-1-5-17(18)22(12-3-4-13-22)21(29)25-16-9-7-15(8-10-16)20(28)24-14-11-19(26)27/h1-2,5-10H,3-4,11-14H2,(H,24,28)(H,25,29)(H,26,27). The number of carbonyl (C=O) groups is 3. The molecule has 29 heavy (non-hydrogen) atoms. The molecule has 152 valence electrons. The maximum Gasteiger partial charge on any atom is 0.305 e. The Morgan fingerprint density at radius 1 is 1.00 bits per heavy atom. The van der Waals surface area contributed by atoms with Gasteiger partial charge in [0.1, 0.15) is 5.82 Å². The highest BCUT2D eigenvalue weighted by atomic mass is 19.1. The highest BCUT2D eigenvalue weighted by Crippen LogP contribution is 2.43. The molecule has 7 heteroatoms. The van der Waals surface area contributed by atoms with Crippen molar-refractivity contribution in [3.63, 3.8) is 0 Å². The molecule has 0 bridgehead atoms. The topological polar surface area (TPSA) is 95.5 Å². The Morgan fingerprint density at radius 3 is 2.28 bits per heavy atom. The summed E-state index contributed by atoms with van der Waals surface area (Å²) in [5.41, 5.74) is 0.403. The number of carboxylic acids is 1. The fraction of sp³-hybridized carbons (Fsp3) is 0.318. The van der Waals surface area contributed by atoms with Crippen molar-refractivity contribution in [2.24, 2.45) is 0 Å². The number of carboxylic acid groups (broad SMARTS) is 1. The van der Waals surface area contributed by atoms with Gasteiger partial charge in [-0.05, 0) is 43.2 Å². The van der Waals surface area contributed by atoms with Crippen molar-refractivity contribution in [1.82, 2.24) is 5.32 Å². The fourth-order valence-corrected chi connectivity index (χ4v) is 3.79. The number of hydrogen-bond acceptors (Lipinski definition) is 3. The summed E-state index contributed by atoms with van der Waals surface area (Å²) >= 11 is 0. The second kappa shape index (κ2) is 8.86. The molecular weight excluding hydrogens is 375 g/mol. The van der Waals surface area contributed by atoms with Crippen molar-refractivity contribution in [3.8, 4) is 0 Å². The van der Waals surface area contributed by atoms with Crippen LogP contribution in [0.3, 0.4) is 0 Å². The number of nitrogens with one attached hydrogen (secondary N) is 2. The van der Waals surface area contributed by atoms with Gasteiger partial charge in [-0.3, -0.25) is 14.4 Å². The van der Waals surface area contributed by atoms with Crippen LogP contribution in [0.25, 0.3) is 0 Å². The van der Waals surface area contributed by atoms with Gasteiger partial charge in [0, 0.05) is 23.4 Å². The van der Waals surface area contributed by atoms with E-state index in [9.17, 15) is 18.8 Å². The van der Waals surface area contributed by atoms with E-state index in [2.05, 4.69) is 10.6 Å². The van der Waals surface area contributed by atoms with Crippen molar-refractivity contribution < 1.29 is 23.9 Å². The molecule has 2 aromatic rings. The van der Waals surface area contributed by atoms with E-state index in [0.717, 1.165) is 12.8 Å². The molecule has 2 amide bonds. The van der Waals surface area contributed by atoms with Crippen molar-refractivity contribution in [3.05, 3.63) is 65.5 Å². The van der Waals surface area contributed by atoms with Gasteiger partial charge < -0.3 is 15.7 Å². The summed E-state index contributed by atoms with van der Waals surface area (Å²) < 4.78 is 14.4. The van der Waals surface area contributed by atoms with E-state index in [0.29, 0.717) is 29.7 Å². The largest absolute Gasteiger partial charge is 0.481 e. The van der Waals surface area contributed by atoms with Crippen LogP contribution in [-0.2, 0) is 15.0 Å². The summed E-state index contributed by atoms with van der Waals surface area (Å²) in [5.74, 6) is -2.00. The summed E-state index contributed by atoms with van der Waals surface area (Å²) in [4.78, 5) is 35.6. The van der Waals surface area contributed by atoms with Crippen LogP contribution in [0.2, 0.25) is 0 Å². The zero-order chi connectivity index (χ0) is 20.9. The first-order valence-electron chi connectivity index (χ1n) is 9.59. The number of carbonyl (C=O) groups excluding carboxylic acids is 2. The van der Waals surface area contributed by atoms with Crippen LogP contribution in [0.5, 0.6) is 0 Å². The number of anilines is 1. The molecule has 1 fully saturated rings. The highest BCUT2D eigenvalue weighted by molar-refractivity contribution is 6.00. The van der Waals surface area contributed by atoms with Gasteiger partial charge >= 0.3 is 5.97 Å². The molecule has 0 saturated heterocycles. The smallest absolute Gasteiger partial charge is 0.305 e. The van der Waals surface area contributed by atoms with E-state index in [4.69, 9.17) is 5.11 Å². The van der Waals surface area contributed by atoms with Gasteiger partial charge in [0.25, 0.3) is 5.91 Å². The number of aliphatic carboxylic acids is 1. The van der Waals surface area contributed by atoms with Crippen LogP contribution in [0.1, 0.15) is 48.0 Å². The predicted molar refractivity (Wildman–Crippen MR) is 106 cm³/mol. The molecule has 0 radical (unpaired) electrons. The van der Waals surface area contributed by atoms with Crippen LogP contribution in [0.15, 0.2) is 48.5 Å². The minimum absolute atomic E-state index is 0.0395. The lowest BCUT2D eigenvalue weighted by molar-refractivity contribution is -0.136. The van der Waals surface area contributed by atoms with Gasteiger partial charge in [-0.15, -0.1) is 0 Å². The monoisotopic (exact) mass is 398 g/mol. The number of halogens is 1. The molecule has 0 aliphatic heterocycles. The molecule has 0 heterocycles. The summed E-state index contributed by atoms with van der Waals surface area (Å²) in [6, 6.07) is 12.7. The van der Waals surface area contributed by atoms with E-state index < -0.39 is 11.4 Å². The summed E-state index contributed by atoms with van der Waals surface area (Å²) in [6.07, 6.45) is 2.74. The zero-order valence-electron chi connectivity index (χ0n) is 15.9. The average Bonchev–Trinajstić information content (AvgIpc) is 3.19. The van der Waals surface area contributed by atoms with Gasteiger partial charge in [-0.25, -0.2) is 4.39 Å². The highest BCUT2D eigenvalue weighted by Gasteiger charge is 2.44. The lowest BCUT2D eigenvalue weighted by atomic mass is 9.77. The molecule has 3 rings (SSSR count). The molecule has 3 N–H and O–H groups in total. The summed E-state index contributed by atoms with van der Waals surface area (Å²) in [5, 5.41) is 14.0. The molecular formula is C22H23FN2O4. The Hall–Kier alpha value is -3.22. The molecule has 1 aliphatic rings. The van der Waals surface area contributed by atoms with Crippen LogP contribution < -0.4 is 10.6 Å². The lowest BCUT2D eigenvalue weighted by Crippen LogP contribution is -2.38. The number of benzene rings is 2. The van der Waals surface area contributed by atoms with E-state index in [1.807, 2.05) is 0 Å².